The van der Waals surface area contributed by atoms with Gasteiger partial charge in [0, 0.05) is 24.0 Å². The lowest BCUT2D eigenvalue weighted by Crippen LogP contribution is -2.11. The van der Waals surface area contributed by atoms with Gasteiger partial charge in [0.15, 0.2) is 0 Å². The van der Waals surface area contributed by atoms with Crippen molar-refractivity contribution in [1.82, 2.24) is 0 Å². The Labute approximate surface area is 128 Å². The molecular formula is C16H17FN2OS. The molecule has 0 heterocycles. The molecule has 0 aliphatic heterocycles. The summed E-state index contributed by atoms with van der Waals surface area (Å²) in [5.41, 5.74) is 8.39. The SMILES string of the molecule is COCCc1ccccc1Nc1ccc(C(N)=S)c(F)c1. The molecule has 0 atom stereocenters. The molecule has 0 fully saturated rings. The Kier molecular flexibility index (Phi) is 5.25. The first-order chi connectivity index (χ1) is 10.1. The molecule has 0 saturated carbocycles. The van der Waals surface area contributed by atoms with E-state index >= 15 is 0 Å². The number of para-hydroxylation sites is 1. The summed E-state index contributed by atoms with van der Waals surface area (Å²) < 4.78 is 19.0. The highest BCUT2D eigenvalue weighted by Crippen LogP contribution is 2.23. The van der Waals surface area contributed by atoms with Crippen LogP contribution < -0.4 is 11.1 Å². The van der Waals surface area contributed by atoms with Crippen LogP contribution in [0.1, 0.15) is 11.1 Å². The van der Waals surface area contributed by atoms with Gasteiger partial charge in [-0.15, -0.1) is 0 Å². The van der Waals surface area contributed by atoms with Gasteiger partial charge >= 0.3 is 0 Å². The van der Waals surface area contributed by atoms with Crippen LogP contribution in [-0.4, -0.2) is 18.7 Å². The molecule has 0 amide bonds. The molecule has 0 bridgehead atoms. The average molecular weight is 304 g/mol. The molecule has 2 aromatic rings. The van der Waals surface area contributed by atoms with Crippen LogP contribution in [0.15, 0.2) is 42.5 Å². The van der Waals surface area contributed by atoms with E-state index in [2.05, 4.69) is 5.32 Å². The maximum Gasteiger partial charge on any atom is 0.135 e. The van der Waals surface area contributed by atoms with Crippen LogP contribution in [0.4, 0.5) is 15.8 Å². The van der Waals surface area contributed by atoms with E-state index in [1.807, 2.05) is 24.3 Å². The van der Waals surface area contributed by atoms with E-state index in [-0.39, 0.29) is 10.6 Å². The summed E-state index contributed by atoms with van der Waals surface area (Å²) in [6, 6.07) is 12.6. The van der Waals surface area contributed by atoms with Gasteiger partial charge in [0.05, 0.1) is 6.61 Å². The lowest BCUT2D eigenvalue weighted by molar-refractivity contribution is 0.202. The summed E-state index contributed by atoms with van der Waals surface area (Å²) in [6.45, 7) is 0.632. The molecular weight excluding hydrogens is 287 g/mol. The number of hydrogen-bond acceptors (Lipinski definition) is 3. The van der Waals surface area contributed by atoms with Crippen molar-refractivity contribution in [2.45, 2.75) is 6.42 Å². The smallest absolute Gasteiger partial charge is 0.135 e. The number of ether oxygens (including phenoxy) is 1. The minimum absolute atomic E-state index is 0.0551. The highest BCUT2D eigenvalue weighted by atomic mass is 32.1. The average Bonchev–Trinajstić information content (AvgIpc) is 2.46. The number of benzene rings is 2. The largest absolute Gasteiger partial charge is 0.389 e. The number of nitrogens with two attached hydrogens (primary N) is 1. The molecule has 21 heavy (non-hydrogen) atoms. The molecule has 5 heteroatoms. The van der Waals surface area contributed by atoms with Crippen molar-refractivity contribution < 1.29 is 9.13 Å². The Morgan fingerprint density at radius 2 is 2.05 bits per heavy atom. The van der Waals surface area contributed by atoms with E-state index in [0.29, 0.717) is 12.3 Å². The monoisotopic (exact) mass is 304 g/mol. The first kappa shape index (κ1) is 15.4. The van der Waals surface area contributed by atoms with Gasteiger partial charge < -0.3 is 15.8 Å². The minimum Gasteiger partial charge on any atom is -0.389 e. The fourth-order valence-electron chi connectivity index (χ4n) is 2.02. The van der Waals surface area contributed by atoms with E-state index in [1.54, 1.807) is 19.2 Å². The second-order valence-electron chi connectivity index (χ2n) is 4.58. The molecule has 0 radical (unpaired) electrons. The van der Waals surface area contributed by atoms with Crippen LogP contribution >= 0.6 is 12.2 Å². The predicted octanol–water partition coefficient (Wildman–Crippen LogP) is 3.39. The molecule has 0 unspecified atom stereocenters. The Morgan fingerprint density at radius 1 is 1.29 bits per heavy atom. The fourth-order valence-corrected chi connectivity index (χ4v) is 2.19. The zero-order valence-corrected chi connectivity index (χ0v) is 12.5. The normalized spacial score (nSPS) is 10.4. The first-order valence-corrected chi connectivity index (χ1v) is 6.96. The summed E-state index contributed by atoms with van der Waals surface area (Å²) in [5.74, 6) is -0.429. The Hall–Kier alpha value is -1.98. The third kappa shape index (κ3) is 4.00. The summed E-state index contributed by atoms with van der Waals surface area (Å²) >= 11 is 4.79. The predicted molar refractivity (Wildman–Crippen MR) is 87.6 cm³/mol. The second kappa shape index (κ2) is 7.15. The van der Waals surface area contributed by atoms with E-state index in [4.69, 9.17) is 22.7 Å². The lowest BCUT2D eigenvalue weighted by Gasteiger charge is -2.12. The maximum atomic E-state index is 13.9. The molecule has 110 valence electrons. The van der Waals surface area contributed by atoms with E-state index in [1.165, 1.54) is 6.07 Å². The third-order valence-electron chi connectivity index (χ3n) is 3.11. The van der Waals surface area contributed by atoms with Crippen LogP contribution in [-0.2, 0) is 11.2 Å². The number of nitrogens with one attached hydrogen (secondary N) is 1. The van der Waals surface area contributed by atoms with Gasteiger partial charge in [-0.3, -0.25) is 0 Å². The van der Waals surface area contributed by atoms with Crippen molar-refractivity contribution in [3.05, 3.63) is 59.4 Å². The van der Waals surface area contributed by atoms with Crippen LogP contribution in [0.5, 0.6) is 0 Å². The van der Waals surface area contributed by atoms with Gasteiger partial charge in [0.2, 0.25) is 0 Å². The number of rotatable bonds is 6. The third-order valence-corrected chi connectivity index (χ3v) is 3.33. The van der Waals surface area contributed by atoms with Crippen molar-refractivity contribution in [3.63, 3.8) is 0 Å². The number of hydrogen-bond donors (Lipinski definition) is 2. The molecule has 0 aliphatic rings. The van der Waals surface area contributed by atoms with Gasteiger partial charge in [-0.1, -0.05) is 30.4 Å². The van der Waals surface area contributed by atoms with Crippen molar-refractivity contribution in [1.29, 1.82) is 0 Å². The number of anilines is 2. The van der Waals surface area contributed by atoms with Crippen molar-refractivity contribution in [2.75, 3.05) is 19.0 Å². The van der Waals surface area contributed by atoms with Crippen molar-refractivity contribution in [3.8, 4) is 0 Å². The lowest BCUT2D eigenvalue weighted by atomic mass is 10.1. The van der Waals surface area contributed by atoms with Gasteiger partial charge in [0.25, 0.3) is 0 Å². The number of halogens is 1. The van der Waals surface area contributed by atoms with Gasteiger partial charge in [-0.2, -0.15) is 0 Å². The standard InChI is InChI=1S/C16H17FN2OS/c1-20-9-8-11-4-2-3-5-15(11)19-12-6-7-13(16(18)21)14(17)10-12/h2-7,10,19H,8-9H2,1H3,(H2,18,21). The van der Waals surface area contributed by atoms with Gasteiger partial charge in [-0.25, -0.2) is 4.39 Å². The quantitative estimate of drug-likeness (QED) is 0.803. The van der Waals surface area contributed by atoms with E-state index in [0.717, 1.165) is 17.7 Å². The summed E-state index contributed by atoms with van der Waals surface area (Å²) in [7, 11) is 1.67. The van der Waals surface area contributed by atoms with E-state index < -0.39 is 5.82 Å². The zero-order valence-electron chi connectivity index (χ0n) is 11.7. The maximum absolute atomic E-state index is 13.9. The van der Waals surface area contributed by atoms with Crippen LogP contribution in [0.25, 0.3) is 0 Å². The van der Waals surface area contributed by atoms with Crippen LogP contribution in [0.2, 0.25) is 0 Å². The first-order valence-electron chi connectivity index (χ1n) is 6.55. The summed E-state index contributed by atoms with van der Waals surface area (Å²) in [6.07, 6.45) is 0.785. The van der Waals surface area contributed by atoms with Crippen LogP contribution in [0, 0.1) is 5.82 Å². The molecule has 2 aromatic carbocycles. The molecule has 3 N–H and O–H groups in total. The van der Waals surface area contributed by atoms with E-state index in [9.17, 15) is 4.39 Å². The highest BCUT2D eigenvalue weighted by molar-refractivity contribution is 7.80. The Balaban J connectivity index is 2.22. The van der Waals surface area contributed by atoms with Crippen LogP contribution in [0.3, 0.4) is 0 Å². The highest BCUT2D eigenvalue weighted by Gasteiger charge is 2.07. The molecule has 0 aliphatic carbocycles. The second-order valence-corrected chi connectivity index (χ2v) is 5.02. The molecule has 0 aromatic heterocycles. The number of methoxy groups -OCH3 is 1. The fraction of sp³-hybridized carbons (Fsp3) is 0.188. The topological polar surface area (TPSA) is 47.3 Å². The molecule has 3 nitrogen and oxygen atoms in total. The number of thiocarbonyl (C=S) groups is 1. The minimum atomic E-state index is -0.429. The molecule has 2 rings (SSSR count). The zero-order chi connectivity index (χ0) is 15.2. The van der Waals surface area contributed by atoms with Gasteiger partial charge in [-0.05, 0) is 36.2 Å². The summed E-state index contributed by atoms with van der Waals surface area (Å²) in [5, 5.41) is 3.21. The van der Waals surface area contributed by atoms with Crippen molar-refractivity contribution >= 4 is 28.6 Å². The van der Waals surface area contributed by atoms with Crippen molar-refractivity contribution in [2.24, 2.45) is 5.73 Å². The molecule has 0 spiro atoms. The Bertz CT molecular complexity index is 646. The molecule has 0 saturated heterocycles. The van der Waals surface area contributed by atoms with Gasteiger partial charge in [0.1, 0.15) is 10.8 Å². The Morgan fingerprint density at radius 3 is 2.71 bits per heavy atom. The summed E-state index contributed by atoms with van der Waals surface area (Å²) in [4.78, 5) is 0.0551.